The van der Waals surface area contributed by atoms with Gasteiger partial charge in [-0.25, -0.2) is 9.78 Å². The van der Waals surface area contributed by atoms with Crippen molar-refractivity contribution in [3.05, 3.63) is 60.0 Å². The van der Waals surface area contributed by atoms with Gasteiger partial charge in [0, 0.05) is 42.3 Å². The van der Waals surface area contributed by atoms with Gasteiger partial charge >= 0.3 is 6.09 Å². The lowest BCUT2D eigenvalue weighted by atomic mass is 10.1. The number of aryl methyl sites for hydroxylation is 1. The predicted molar refractivity (Wildman–Crippen MR) is 140 cm³/mol. The molecule has 2 amide bonds. The summed E-state index contributed by atoms with van der Waals surface area (Å²) in [5, 5.41) is 7.47. The molecule has 36 heavy (non-hydrogen) atoms. The number of anilines is 2. The third kappa shape index (κ3) is 6.02. The van der Waals surface area contributed by atoms with Crippen LogP contribution in [0.4, 0.5) is 16.3 Å². The number of nitrogens with zero attached hydrogens (tertiary/aromatic N) is 4. The Morgan fingerprint density at radius 2 is 1.89 bits per heavy atom. The zero-order valence-corrected chi connectivity index (χ0v) is 21.3. The van der Waals surface area contributed by atoms with Crippen molar-refractivity contribution in [2.24, 2.45) is 0 Å². The van der Waals surface area contributed by atoms with Crippen LogP contribution in [0.2, 0.25) is 0 Å². The molecule has 1 fully saturated rings. The SMILES string of the molecule is CCc1cccc(NC(=O)c2cc(-c3cnn(C4CCN(C(=O)OC(C)(C)C)CC4)c3)cnc2N)c1. The van der Waals surface area contributed by atoms with E-state index in [9.17, 15) is 9.59 Å². The van der Waals surface area contributed by atoms with Crippen LogP contribution in [0.15, 0.2) is 48.9 Å². The van der Waals surface area contributed by atoms with E-state index in [1.165, 1.54) is 0 Å². The number of hydrogen-bond acceptors (Lipinski definition) is 6. The van der Waals surface area contributed by atoms with Crippen molar-refractivity contribution in [3.63, 3.8) is 0 Å². The summed E-state index contributed by atoms with van der Waals surface area (Å²) in [5.41, 5.74) is 9.31. The van der Waals surface area contributed by atoms with Crippen LogP contribution in [0, 0.1) is 0 Å². The summed E-state index contributed by atoms with van der Waals surface area (Å²) < 4.78 is 7.41. The topological polar surface area (TPSA) is 115 Å². The van der Waals surface area contributed by atoms with Gasteiger partial charge in [-0.05, 0) is 63.8 Å². The molecular formula is C27H34N6O3. The number of nitrogens with two attached hydrogens (primary N) is 1. The summed E-state index contributed by atoms with van der Waals surface area (Å²) in [6.45, 7) is 8.90. The minimum atomic E-state index is -0.507. The van der Waals surface area contributed by atoms with Gasteiger partial charge in [-0.3, -0.25) is 9.48 Å². The number of ether oxygens (including phenoxy) is 1. The molecule has 0 saturated carbocycles. The maximum atomic E-state index is 12.9. The number of likely N-dealkylation sites (tertiary alicyclic amines) is 1. The minimum Gasteiger partial charge on any atom is -0.444 e. The number of nitrogen functional groups attached to an aromatic ring is 1. The average Bonchev–Trinajstić information content (AvgIpc) is 3.34. The van der Waals surface area contributed by atoms with Gasteiger partial charge in [0.25, 0.3) is 5.91 Å². The van der Waals surface area contributed by atoms with Crippen LogP contribution >= 0.6 is 0 Å². The lowest BCUT2D eigenvalue weighted by Crippen LogP contribution is -2.42. The maximum absolute atomic E-state index is 12.9. The highest BCUT2D eigenvalue weighted by Crippen LogP contribution is 2.27. The first-order valence-corrected chi connectivity index (χ1v) is 12.3. The zero-order chi connectivity index (χ0) is 25.9. The van der Waals surface area contributed by atoms with E-state index in [4.69, 9.17) is 10.5 Å². The molecule has 0 atom stereocenters. The number of nitrogens with one attached hydrogen (secondary N) is 1. The van der Waals surface area contributed by atoms with E-state index in [1.807, 2.05) is 55.9 Å². The second kappa shape index (κ2) is 10.4. The number of carbonyl (C=O) groups is 2. The van der Waals surface area contributed by atoms with Gasteiger partial charge in [-0.2, -0.15) is 5.10 Å². The fraction of sp³-hybridized carbons (Fsp3) is 0.407. The fourth-order valence-electron chi connectivity index (χ4n) is 4.21. The monoisotopic (exact) mass is 490 g/mol. The normalized spacial score (nSPS) is 14.5. The molecule has 3 N–H and O–H groups in total. The number of pyridine rings is 1. The number of benzene rings is 1. The summed E-state index contributed by atoms with van der Waals surface area (Å²) in [5.74, 6) is -0.137. The van der Waals surface area contributed by atoms with Crippen LogP contribution in [0.5, 0.6) is 0 Å². The van der Waals surface area contributed by atoms with Crippen LogP contribution in [-0.4, -0.2) is 50.4 Å². The van der Waals surface area contributed by atoms with Crippen molar-refractivity contribution in [2.75, 3.05) is 24.1 Å². The molecule has 3 heterocycles. The molecule has 1 aromatic carbocycles. The van der Waals surface area contributed by atoms with Gasteiger partial charge in [-0.1, -0.05) is 19.1 Å². The Kier molecular flexibility index (Phi) is 7.28. The lowest BCUT2D eigenvalue weighted by molar-refractivity contribution is 0.0184. The van der Waals surface area contributed by atoms with Crippen LogP contribution in [-0.2, 0) is 11.2 Å². The molecule has 2 aromatic heterocycles. The van der Waals surface area contributed by atoms with E-state index in [0.29, 0.717) is 18.7 Å². The van der Waals surface area contributed by atoms with E-state index in [1.54, 1.807) is 23.4 Å². The number of carbonyl (C=O) groups excluding carboxylic acids is 2. The van der Waals surface area contributed by atoms with Crippen molar-refractivity contribution >= 4 is 23.5 Å². The minimum absolute atomic E-state index is 0.171. The fourth-order valence-corrected chi connectivity index (χ4v) is 4.21. The Bertz CT molecular complexity index is 1240. The van der Waals surface area contributed by atoms with Gasteiger partial charge in [0.1, 0.15) is 11.4 Å². The molecule has 4 rings (SSSR count). The standard InChI is InChI=1S/C27H34N6O3/c1-5-18-7-6-8-21(13-18)31-25(34)23-14-19(15-29-24(23)28)20-16-30-33(17-20)22-9-11-32(12-10-22)26(35)36-27(2,3)4/h6-8,13-17,22H,5,9-12H2,1-4H3,(H2,28,29)(H,31,34). The molecule has 1 aliphatic rings. The molecule has 0 bridgehead atoms. The van der Waals surface area contributed by atoms with E-state index in [0.717, 1.165) is 41.6 Å². The van der Waals surface area contributed by atoms with Crippen molar-refractivity contribution in [3.8, 4) is 11.1 Å². The Morgan fingerprint density at radius 1 is 1.14 bits per heavy atom. The van der Waals surface area contributed by atoms with Crippen molar-refractivity contribution in [2.45, 2.75) is 58.6 Å². The van der Waals surface area contributed by atoms with Gasteiger partial charge in [0.15, 0.2) is 0 Å². The summed E-state index contributed by atoms with van der Waals surface area (Å²) in [6.07, 6.45) is 7.54. The summed E-state index contributed by atoms with van der Waals surface area (Å²) >= 11 is 0. The first kappa shape index (κ1) is 25.2. The zero-order valence-electron chi connectivity index (χ0n) is 21.3. The lowest BCUT2D eigenvalue weighted by Gasteiger charge is -2.33. The number of rotatable bonds is 5. The number of aromatic nitrogens is 3. The molecule has 1 aliphatic heterocycles. The highest BCUT2D eigenvalue weighted by Gasteiger charge is 2.28. The molecule has 0 spiro atoms. The van der Waals surface area contributed by atoms with Gasteiger partial charge in [0.05, 0.1) is 17.8 Å². The van der Waals surface area contributed by atoms with E-state index in [-0.39, 0.29) is 23.9 Å². The first-order chi connectivity index (χ1) is 17.1. The average molecular weight is 491 g/mol. The molecule has 9 nitrogen and oxygen atoms in total. The Labute approximate surface area is 211 Å². The quantitative estimate of drug-likeness (QED) is 0.525. The van der Waals surface area contributed by atoms with Crippen molar-refractivity contribution in [1.82, 2.24) is 19.7 Å². The number of piperidine rings is 1. The Balaban J connectivity index is 1.43. The third-order valence-corrected chi connectivity index (χ3v) is 6.18. The van der Waals surface area contributed by atoms with Crippen LogP contribution in [0.1, 0.15) is 62.5 Å². The first-order valence-electron chi connectivity index (χ1n) is 12.3. The highest BCUT2D eigenvalue weighted by molar-refractivity contribution is 6.07. The predicted octanol–water partition coefficient (Wildman–Crippen LogP) is 4.91. The Hall–Kier alpha value is -3.88. The van der Waals surface area contributed by atoms with Crippen LogP contribution in [0.25, 0.3) is 11.1 Å². The summed E-state index contributed by atoms with van der Waals surface area (Å²) in [4.78, 5) is 31.3. The van der Waals surface area contributed by atoms with E-state index >= 15 is 0 Å². The maximum Gasteiger partial charge on any atom is 0.410 e. The highest BCUT2D eigenvalue weighted by atomic mass is 16.6. The smallest absolute Gasteiger partial charge is 0.410 e. The molecule has 9 heteroatoms. The van der Waals surface area contributed by atoms with Gasteiger partial charge < -0.3 is 20.7 Å². The van der Waals surface area contributed by atoms with Crippen LogP contribution < -0.4 is 11.1 Å². The van der Waals surface area contributed by atoms with Crippen molar-refractivity contribution < 1.29 is 14.3 Å². The molecular weight excluding hydrogens is 456 g/mol. The molecule has 0 aliphatic carbocycles. The van der Waals surface area contributed by atoms with E-state index < -0.39 is 5.60 Å². The van der Waals surface area contributed by atoms with Crippen LogP contribution in [0.3, 0.4) is 0 Å². The summed E-state index contributed by atoms with van der Waals surface area (Å²) in [6, 6.07) is 9.65. The molecule has 0 radical (unpaired) electrons. The molecule has 3 aromatic rings. The molecule has 1 saturated heterocycles. The summed E-state index contributed by atoms with van der Waals surface area (Å²) in [7, 11) is 0. The van der Waals surface area contributed by atoms with Gasteiger partial charge in [0.2, 0.25) is 0 Å². The second-order valence-corrected chi connectivity index (χ2v) is 10.1. The largest absolute Gasteiger partial charge is 0.444 e. The van der Waals surface area contributed by atoms with E-state index in [2.05, 4.69) is 22.3 Å². The molecule has 0 unspecified atom stereocenters. The second-order valence-electron chi connectivity index (χ2n) is 10.1. The third-order valence-electron chi connectivity index (χ3n) is 6.18. The molecule has 190 valence electrons. The van der Waals surface area contributed by atoms with Crippen molar-refractivity contribution in [1.29, 1.82) is 0 Å². The number of amides is 2. The van der Waals surface area contributed by atoms with Gasteiger partial charge in [-0.15, -0.1) is 0 Å². The number of hydrogen-bond donors (Lipinski definition) is 2. The Morgan fingerprint density at radius 3 is 2.58 bits per heavy atom.